The van der Waals surface area contributed by atoms with Gasteiger partial charge in [0, 0.05) is 22.4 Å². The molecule has 5 nitrogen and oxygen atoms in total. The number of carbonyl (C=O) groups excluding carboxylic acids is 1. The number of aliphatic carboxylic acids is 1. The second kappa shape index (κ2) is 7.04. The molecule has 1 heterocycles. The Morgan fingerprint density at radius 3 is 2.89 bits per heavy atom. The second-order valence-corrected chi connectivity index (χ2v) is 4.31. The molecule has 1 aromatic heterocycles. The van der Waals surface area contributed by atoms with Crippen molar-refractivity contribution in [1.82, 2.24) is 10.1 Å². The summed E-state index contributed by atoms with van der Waals surface area (Å²) in [5.41, 5.74) is 0.808. The molecule has 0 aliphatic carbocycles. The molecule has 1 aromatic carbocycles. The second-order valence-electron chi connectivity index (χ2n) is 3.39. The van der Waals surface area contributed by atoms with Crippen molar-refractivity contribution in [3.05, 3.63) is 34.6 Å². The summed E-state index contributed by atoms with van der Waals surface area (Å²) in [6.07, 6.45) is 0.0590. The van der Waals surface area contributed by atoms with Crippen LogP contribution in [0, 0.1) is 0 Å². The van der Waals surface area contributed by atoms with Gasteiger partial charge in [-0.25, -0.2) is 0 Å². The molecule has 2 rings (SSSR count). The van der Waals surface area contributed by atoms with Gasteiger partial charge < -0.3 is 14.4 Å². The zero-order valence-electron chi connectivity index (χ0n) is 9.72. The Hall–Kier alpha value is -0.690. The molecular weight excluding hydrogens is 311 g/mol. The van der Waals surface area contributed by atoms with Crippen LogP contribution < -0.4 is 34.7 Å². The van der Waals surface area contributed by atoms with Crippen molar-refractivity contribution in [2.45, 2.75) is 12.8 Å². The van der Waals surface area contributed by atoms with E-state index in [0.717, 1.165) is 10.0 Å². The van der Waals surface area contributed by atoms with Crippen LogP contribution in [0.5, 0.6) is 0 Å². The molecule has 0 saturated heterocycles. The summed E-state index contributed by atoms with van der Waals surface area (Å²) in [7, 11) is 0. The van der Waals surface area contributed by atoms with Gasteiger partial charge in [0.05, 0.1) is 0 Å². The van der Waals surface area contributed by atoms with Crippen LogP contribution >= 0.6 is 15.9 Å². The predicted molar refractivity (Wildman–Crippen MR) is 60.8 cm³/mol. The molecule has 7 heteroatoms. The predicted octanol–water partition coefficient (Wildman–Crippen LogP) is -1.81. The van der Waals surface area contributed by atoms with Gasteiger partial charge in [-0.15, -0.1) is 0 Å². The van der Waals surface area contributed by atoms with E-state index in [-0.39, 0.29) is 42.4 Å². The fraction of sp³-hybridized carbons (Fsp3) is 0.182. The summed E-state index contributed by atoms with van der Waals surface area (Å²) in [6.45, 7) is 0. The fourth-order valence-corrected chi connectivity index (χ4v) is 1.71. The van der Waals surface area contributed by atoms with Crippen molar-refractivity contribution in [3.63, 3.8) is 0 Å². The van der Waals surface area contributed by atoms with Crippen LogP contribution in [0.1, 0.15) is 12.3 Å². The van der Waals surface area contributed by atoms with Crippen LogP contribution in [0.4, 0.5) is 0 Å². The molecule has 2 aromatic rings. The topological polar surface area (TPSA) is 79.0 Å². The summed E-state index contributed by atoms with van der Waals surface area (Å²) >= 11 is 3.34. The summed E-state index contributed by atoms with van der Waals surface area (Å²) in [5.74, 6) is -0.393. The van der Waals surface area contributed by atoms with E-state index >= 15 is 0 Å². The van der Waals surface area contributed by atoms with Gasteiger partial charge in [-0.1, -0.05) is 33.2 Å². The van der Waals surface area contributed by atoms with Gasteiger partial charge >= 0.3 is 29.6 Å². The molecule has 0 saturated carbocycles. The molecule has 0 amide bonds. The molecule has 0 aliphatic rings. The zero-order chi connectivity index (χ0) is 12.3. The Kier molecular flexibility index (Phi) is 6.01. The van der Waals surface area contributed by atoms with Gasteiger partial charge in [-0.05, 0) is 18.6 Å². The average Bonchev–Trinajstić information content (AvgIpc) is 2.75. The van der Waals surface area contributed by atoms with E-state index in [1.807, 2.05) is 24.3 Å². The molecule has 18 heavy (non-hydrogen) atoms. The van der Waals surface area contributed by atoms with E-state index in [2.05, 4.69) is 26.1 Å². The third kappa shape index (κ3) is 4.20. The number of carboxylic acid groups (broad SMARTS) is 1. The van der Waals surface area contributed by atoms with Crippen molar-refractivity contribution in [2.75, 3.05) is 0 Å². The number of carbonyl (C=O) groups is 1. The van der Waals surface area contributed by atoms with E-state index in [9.17, 15) is 9.90 Å². The molecule has 0 bridgehead atoms. The van der Waals surface area contributed by atoms with Gasteiger partial charge in [0.15, 0.2) is 0 Å². The molecule has 0 fully saturated rings. The van der Waals surface area contributed by atoms with Crippen molar-refractivity contribution < 1.29 is 44.0 Å². The summed E-state index contributed by atoms with van der Waals surface area (Å²) in [4.78, 5) is 14.4. The van der Waals surface area contributed by atoms with E-state index < -0.39 is 5.97 Å². The molecule has 0 unspecified atom stereocenters. The smallest absolute Gasteiger partial charge is 0.550 e. The summed E-state index contributed by atoms with van der Waals surface area (Å²) in [5, 5.41) is 14.1. The number of hydrogen-bond acceptors (Lipinski definition) is 5. The third-order valence-electron chi connectivity index (χ3n) is 2.09. The number of halogens is 1. The Morgan fingerprint density at radius 1 is 1.44 bits per heavy atom. The first kappa shape index (κ1) is 15.4. The number of aromatic nitrogens is 2. The maximum Gasteiger partial charge on any atom is 1.00 e. The Balaban J connectivity index is 0.00000162. The normalized spacial score (nSPS) is 9.83. The maximum atomic E-state index is 10.3. The van der Waals surface area contributed by atoms with Crippen LogP contribution in [-0.2, 0) is 11.2 Å². The number of nitrogens with zero attached hydrogens (tertiary/aromatic N) is 2. The standard InChI is InChI=1S/C11H9BrN2O3.Na/c12-8-3-1-2-7(6-8)11-13-9(17-14-11)4-5-10(15)16;/h1-3,6H,4-5H2,(H,15,16);/q;+1/p-1. The van der Waals surface area contributed by atoms with E-state index in [1.54, 1.807) is 0 Å². The minimum Gasteiger partial charge on any atom is -0.550 e. The monoisotopic (exact) mass is 318 g/mol. The van der Waals surface area contributed by atoms with Crippen LogP contribution in [0.15, 0.2) is 33.3 Å². The average molecular weight is 319 g/mol. The van der Waals surface area contributed by atoms with Crippen LogP contribution in [0.2, 0.25) is 0 Å². The minimum atomic E-state index is -1.13. The maximum absolute atomic E-state index is 10.3. The number of benzene rings is 1. The first-order valence-corrected chi connectivity index (χ1v) is 5.73. The fourth-order valence-electron chi connectivity index (χ4n) is 1.31. The number of rotatable bonds is 4. The van der Waals surface area contributed by atoms with Gasteiger partial charge in [-0.3, -0.25) is 0 Å². The molecule has 0 N–H and O–H groups in total. The molecule has 0 atom stereocenters. The van der Waals surface area contributed by atoms with Gasteiger partial charge in [0.1, 0.15) is 0 Å². The van der Waals surface area contributed by atoms with Crippen molar-refractivity contribution in [1.29, 1.82) is 0 Å². The summed E-state index contributed by atoms with van der Waals surface area (Å²) < 4.78 is 5.85. The SMILES string of the molecule is O=C([O-])CCc1nc(-c2cccc(Br)c2)no1.[Na+]. The quantitative estimate of drug-likeness (QED) is 0.621. The largest absolute Gasteiger partial charge is 1.00 e. The van der Waals surface area contributed by atoms with Gasteiger partial charge in [-0.2, -0.15) is 4.98 Å². The van der Waals surface area contributed by atoms with E-state index in [0.29, 0.717) is 11.7 Å². The Morgan fingerprint density at radius 2 is 2.22 bits per heavy atom. The van der Waals surface area contributed by atoms with E-state index in [4.69, 9.17) is 4.52 Å². The Labute approximate surface area is 134 Å². The first-order chi connectivity index (χ1) is 8.15. The zero-order valence-corrected chi connectivity index (χ0v) is 13.3. The molecular formula is C11H8BrN2NaO3. The van der Waals surface area contributed by atoms with Crippen LogP contribution in [0.3, 0.4) is 0 Å². The molecule has 0 spiro atoms. The van der Waals surface area contributed by atoms with Crippen LogP contribution in [-0.4, -0.2) is 16.1 Å². The summed E-state index contributed by atoms with van der Waals surface area (Å²) in [6, 6.07) is 7.45. The molecule has 0 aliphatic heterocycles. The first-order valence-electron chi connectivity index (χ1n) is 4.93. The number of hydrogen-bond donors (Lipinski definition) is 0. The molecule has 88 valence electrons. The van der Waals surface area contributed by atoms with Crippen molar-refractivity contribution >= 4 is 21.9 Å². The molecule has 0 radical (unpaired) electrons. The van der Waals surface area contributed by atoms with Gasteiger partial charge in [0.25, 0.3) is 0 Å². The Bertz CT molecular complexity index is 545. The minimum absolute atomic E-state index is 0. The van der Waals surface area contributed by atoms with Crippen molar-refractivity contribution in [2.24, 2.45) is 0 Å². The number of carboxylic acids is 1. The van der Waals surface area contributed by atoms with Gasteiger partial charge in [0.2, 0.25) is 11.7 Å². The number of aryl methyl sites for hydroxylation is 1. The van der Waals surface area contributed by atoms with E-state index in [1.165, 1.54) is 0 Å². The third-order valence-corrected chi connectivity index (χ3v) is 2.59. The van der Waals surface area contributed by atoms with Crippen LogP contribution in [0.25, 0.3) is 11.4 Å². The van der Waals surface area contributed by atoms with Crippen molar-refractivity contribution in [3.8, 4) is 11.4 Å².